The lowest BCUT2D eigenvalue weighted by atomic mass is 9.99. The average Bonchev–Trinajstić information content (AvgIpc) is 3.03. The molecule has 2 aromatic rings. The summed E-state index contributed by atoms with van der Waals surface area (Å²) in [5, 5.41) is 14.9. The van der Waals surface area contributed by atoms with Crippen molar-refractivity contribution in [1.82, 2.24) is 10.0 Å². The molecule has 0 aliphatic heterocycles. The molecule has 12 nitrogen and oxygen atoms in total. The van der Waals surface area contributed by atoms with Crippen LogP contribution in [-0.2, 0) is 35.3 Å². The molecule has 0 fully saturated rings. The number of alkyl carbamates (subject to hydrolysis) is 1. The van der Waals surface area contributed by atoms with Crippen LogP contribution in [0.2, 0.25) is 23.2 Å². The Morgan fingerprint density at radius 2 is 1.58 bits per heavy atom. The molecule has 290 valence electrons. The van der Waals surface area contributed by atoms with Gasteiger partial charge in [0.2, 0.25) is 10.0 Å². The van der Waals surface area contributed by atoms with Crippen LogP contribution in [-0.4, -0.2) is 58.5 Å². The highest BCUT2D eigenvalue weighted by Gasteiger charge is 2.37. The molecule has 2 N–H and O–H groups in total. The highest BCUT2D eigenvalue weighted by Crippen LogP contribution is 2.36. The molecule has 52 heavy (non-hydrogen) atoms. The molecule has 2 rings (SSSR count). The number of nitrogens with one attached hydrogen (secondary N) is 2. The summed E-state index contributed by atoms with van der Waals surface area (Å²) in [4.78, 5) is 36.0. The first-order valence-corrected chi connectivity index (χ1v) is 22.3. The van der Waals surface area contributed by atoms with E-state index in [4.69, 9.17) is 25.5 Å². The number of hydrogen-bond donors (Lipinski definition) is 2. The number of carbonyl (C=O) groups excluding carboxylic acids is 2. The number of sulfonamides is 1. The van der Waals surface area contributed by atoms with Crippen molar-refractivity contribution in [2.75, 3.05) is 13.2 Å². The van der Waals surface area contributed by atoms with Gasteiger partial charge in [0.25, 0.3) is 5.69 Å². The molecule has 1 amide bonds. The van der Waals surface area contributed by atoms with Crippen molar-refractivity contribution in [1.29, 1.82) is 0 Å². The summed E-state index contributed by atoms with van der Waals surface area (Å²) in [6, 6.07) is 11.3. The highest BCUT2D eigenvalue weighted by molar-refractivity contribution is 7.89. The molecule has 2 atom stereocenters. The number of esters is 1. The van der Waals surface area contributed by atoms with Gasteiger partial charge in [-0.3, -0.25) is 14.9 Å². The van der Waals surface area contributed by atoms with E-state index in [1.807, 2.05) is 0 Å². The molecule has 0 aromatic heterocycles. The number of para-hydroxylation sites is 1. The Morgan fingerprint density at radius 3 is 2.21 bits per heavy atom. The molecule has 0 saturated heterocycles. The van der Waals surface area contributed by atoms with Gasteiger partial charge >= 0.3 is 12.1 Å². The second kappa shape index (κ2) is 20.2. The zero-order valence-corrected chi connectivity index (χ0v) is 34.3. The minimum Gasteiger partial charge on any atom is -0.460 e. The van der Waals surface area contributed by atoms with E-state index in [9.17, 15) is 28.1 Å². The summed E-state index contributed by atoms with van der Waals surface area (Å²) in [6.45, 7) is 17.1. The fraction of sp³-hybridized carbons (Fsp3) is 0.568. The lowest BCUT2D eigenvalue weighted by Gasteiger charge is -2.36. The predicted molar refractivity (Wildman–Crippen MR) is 206 cm³/mol. The first kappa shape index (κ1) is 44.9. The summed E-state index contributed by atoms with van der Waals surface area (Å²) < 4.78 is 46.8. The minimum atomic E-state index is -4.35. The number of halogens is 1. The normalized spacial score (nSPS) is 13.8. The SMILES string of the molecule is CC(C)(C)OC(=O)[C@@H](/C=C/[C@H](CCCCNC(=O)OCc1ccccc1Cl)NS(=O)(=O)c1ccccc1[N+](=O)[O-])CCCCO[Si](C)(C)C(C)(C)C. The number of amides is 1. The standard InChI is InChI=1S/C37H56ClN3O9SSi/c1-36(2,3)50-34(42)28(17-14-16-26-49-52(7,8)37(4,5)6)23-24-30(40-51(46,47)33-22-12-11-21-32(33)41(44)45)19-13-15-25-39-35(43)48-27-29-18-9-10-20-31(29)38/h9-12,18,20-24,28,30,40H,13-17,19,25-27H2,1-8H3,(H,39,43)/b24-23+/t28-,30+/m1/s1. The lowest BCUT2D eigenvalue weighted by Crippen LogP contribution is -2.40. The zero-order chi connectivity index (χ0) is 39.2. The maximum atomic E-state index is 13.5. The van der Waals surface area contributed by atoms with Gasteiger partial charge in [-0.25, -0.2) is 17.9 Å². The van der Waals surface area contributed by atoms with Crippen LogP contribution < -0.4 is 10.0 Å². The van der Waals surface area contributed by atoms with Crippen LogP contribution in [0.4, 0.5) is 10.5 Å². The molecule has 2 aromatic carbocycles. The molecular weight excluding hydrogens is 726 g/mol. The highest BCUT2D eigenvalue weighted by atomic mass is 35.5. The lowest BCUT2D eigenvalue weighted by molar-refractivity contribution is -0.387. The maximum absolute atomic E-state index is 13.5. The number of unbranched alkanes of at least 4 members (excludes halogenated alkanes) is 2. The van der Waals surface area contributed by atoms with Crippen LogP contribution in [0.25, 0.3) is 0 Å². The minimum absolute atomic E-state index is 0.00818. The summed E-state index contributed by atoms with van der Waals surface area (Å²) in [6.07, 6.45) is 5.71. The largest absolute Gasteiger partial charge is 0.460 e. The van der Waals surface area contributed by atoms with Crippen LogP contribution in [0.3, 0.4) is 0 Å². The Labute approximate surface area is 315 Å². The van der Waals surface area contributed by atoms with Crippen molar-refractivity contribution in [3.05, 3.63) is 81.4 Å². The van der Waals surface area contributed by atoms with E-state index in [1.54, 1.807) is 57.2 Å². The van der Waals surface area contributed by atoms with Gasteiger partial charge in [-0.1, -0.05) is 81.3 Å². The maximum Gasteiger partial charge on any atom is 0.407 e. The van der Waals surface area contributed by atoms with Gasteiger partial charge in [0.15, 0.2) is 13.2 Å². The van der Waals surface area contributed by atoms with Crippen LogP contribution in [0.1, 0.15) is 85.6 Å². The predicted octanol–water partition coefficient (Wildman–Crippen LogP) is 8.70. The molecule has 0 unspecified atom stereocenters. The van der Waals surface area contributed by atoms with E-state index in [0.29, 0.717) is 42.9 Å². The Balaban J connectivity index is 2.17. The first-order valence-electron chi connectivity index (χ1n) is 17.6. The fourth-order valence-corrected chi connectivity index (χ4v) is 7.41. The average molecular weight is 782 g/mol. The third kappa shape index (κ3) is 15.7. The number of benzene rings is 2. The number of carbonyl (C=O) groups is 2. The molecule has 0 bridgehead atoms. The van der Waals surface area contributed by atoms with Gasteiger partial charge in [0.05, 0.1) is 10.8 Å². The Hall–Kier alpha value is -3.30. The quantitative estimate of drug-likeness (QED) is 0.0334. The number of nitro benzene ring substituents is 1. The van der Waals surface area contributed by atoms with Gasteiger partial charge in [0.1, 0.15) is 12.2 Å². The van der Waals surface area contributed by atoms with Crippen LogP contribution >= 0.6 is 11.6 Å². The molecule has 0 saturated carbocycles. The van der Waals surface area contributed by atoms with Crippen LogP contribution in [0, 0.1) is 16.0 Å². The van der Waals surface area contributed by atoms with E-state index < -0.39 is 63.5 Å². The van der Waals surface area contributed by atoms with Gasteiger partial charge in [-0.15, -0.1) is 0 Å². The molecule has 0 aliphatic carbocycles. The second-order valence-electron chi connectivity index (χ2n) is 15.2. The van der Waals surface area contributed by atoms with Crippen molar-refractivity contribution in [3.63, 3.8) is 0 Å². The van der Waals surface area contributed by atoms with Crippen molar-refractivity contribution in [2.24, 2.45) is 5.92 Å². The molecule has 0 aliphatic rings. The Bertz CT molecular complexity index is 1620. The van der Waals surface area contributed by atoms with E-state index in [1.165, 1.54) is 18.2 Å². The van der Waals surface area contributed by atoms with Crippen molar-refractivity contribution >= 4 is 47.7 Å². The number of rotatable bonds is 20. The topological polar surface area (TPSA) is 163 Å². The van der Waals surface area contributed by atoms with E-state index in [2.05, 4.69) is 43.9 Å². The zero-order valence-electron chi connectivity index (χ0n) is 31.7. The van der Waals surface area contributed by atoms with Gasteiger partial charge < -0.3 is 19.2 Å². The van der Waals surface area contributed by atoms with Crippen molar-refractivity contribution in [2.45, 2.75) is 121 Å². The van der Waals surface area contributed by atoms with E-state index >= 15 is 0 Å². The fourth-order valence-electron chi connectivity index (χ4n) is 4.73. The Morgan fingerprint density at radius 1 is 0.942 bits per heavy atom. The number of hydrogen-bond acceptors (Lipinski definition) is 9. The van der Waals surface area contributed by atoms with Crippen molar-refractivity contribution in [3.8, 4) is 0 Å². The van der Waals surface area contributed by atoms with E-state index in [-0.39, 0.29) is 24.6 Å². The summed E-state index contributed by atoms with van der Waals surface area (Å²) in [5.41, 5.74) is -0.614. The van der Waals surface area contributed by atoms with Gasteiger partial charge in [0, 0.05) is 35.8 Å². The number of nitrogens with zero attached hydrogens (tertiary/aromatic N) is 1. The number of ether oxygens (including phenoxy) is 2. The van der Waals surface area contributed by atoms with Gasteiger partial charge in [-0.2, -0.15) is 0 Å². The summed E-state index contributed by atoms with van der Waals surface area (Å²) >= 11 is 6.12. The van der Waals surface area contributed by atoms with Crippen LogP contribution in [0.5, 0.6) is 0 Å². The third-order valence-electron chi connectivity index (χ3n) is 8.65. The smallest absolute Gasteiger partial charge is 0.407 e. The molecule has 0 radical (unpaired) electrons. The first-order chi connectivity index (χ1) is 24.1. The third-order valence-corrected chi connectivity index (χ3v) is 15.1. The summed E-state index contributed by atoms with van der Waals surface area (Å²) in [5.74, 6) is -1.10. The van der Waals surface area contributed by atoms with Crippen LogP contribution in [0.15, 0.2) is 65.6 Å². The van der Waals surface area contributed by atoms with Crippen molar-refractivity contribution < 1.29 is 36.8 Å². The van der Waals surface area contributed by atoms with E-state index in [0.717, 1.165) is 12.5 Å². The molecular formula is C37H56ClN3O9SSi. The van der Waals surface area contributed by atoms with Gasteiger partial charge in [-0.05, 0) is 83.1 Å². The monoisotopic (exact) mass is 781 g/mol. The molecule has 15 heteroatoms. The summed E-state index contributed by atoms with van der Waals surface area (Å²) in [7, 11) is -6.27. The molecule has 0 spiro atoms. The molecule has 0 heterocycles. The number of nitro groups is 1. The Kier molecular flexibility index (Phi) is 17.5. The second-order valence-corrected chi connectivity index (χ2v) is 22.1.